The van der Waals surface area contributed by atoms with Crippen LogP contribution in [0.5, 0.6) is 5.88 Å². The van der Waals surface area contributed by atoms with Crippen LogP contribution in [0.3, 0.4) is 0 Å². The molecule has 0 atom stereocenters. The van der Waals surface area contributed by atoms with Gasteiger partial charge in [0, 0.05) is 7.05 Å². The minimum atomic E-state index is -0.359. The highest BCUT2D eigenvalue weighted by molar-refractivity contribution is 5.33. The summed E-state index contributed by atoms with van der Waals surface area (Å²) in [6, 6.07) is 0. The molecule has 1 aromatic heterocycles. The van der Waals surface area contributed by atoms with Crippen molar-refractivity contribution in [2.45, 2.75) is 13.3 Å². The summed E-state index contributed by atoms with van der Waals surface area (Å²) >= 11 is 0. The van der Waals surface area contributed by atoms with E-state index in [2.05, 4.69) is 9.97 Å². The quantitative estimate of drug-likeness (QED) is 0.419. The molecule has 6 nitrogen and oxygen atoms in total. The summed E-state index contributed by atoms with van der Waals surface area (Å²) in [5, 5.41) is 10.4. The molecular weight excluding hydrogens is 172 g/mol. The topological polar surface area (TPSA) is 95.2 Å². The Morgan fingerprint density at radius 2 is 2.31 bits per heavy atom. The van der Waals surface area contributed by atoms with Crippen molar-refractivity contribution in [1.82, 2.24) is 9.97 Å². The Morgan fingerprint density at radius 1 is 1.69 bits per heavy atom. The van der Waals surface area contributed by atoms with Gasteiger partial charge in [0.1, 0.15) is 0 Å². The highest BCUT2D eigenvalue weighted by Crippen LogP contribution is 2.11. The summed E-state index contributed by atoms with van der Waals surface area (Å²) in [5.41, 5.74) is -0.0899. The summed E-state index contributed by atoms with van der Waals surface area (Å²) in [5.74, 6) is 5.21. The Bertz CT molecular complexity index is 358. The first kappa shape index (κ1) is 9.53. The van der Waals surface area contributed by atoms with E-state index < -0.39 is 0 Å². The zero-order valence-electron chi connectivity index (χ0n) is 7.53. The Balaban J connectivity index is 3.29. The number of rotatable bonds is 2. The van der Waals surface area contributed by atoms with Crippen LogP contribution >= 0.6 is 0 Å². The molecule has 6 heteroatoms. The minimum Gasteiger partial charge on any atom is -0.493 e. The van der Waals surface area contributed by atoms with Gasteiger partial charge in [-0.25, -0.2) is 5.84 Å². The standard InChI is InChI=1S/C7H12N4O2/c1-3-4-5(12)9-7(11(2)8)10-6(4)13/h3,8H2,1-2H3,(H2,9,10,12,13). The van der Waals surface area contributed by atoms with Gasteiger partial charge < -0.3 is 5.11 Å². The molecule has 0 unspecified atom stereocenters. The van der Waals surface area contributed by atoms with Crippen molar-refractivity contribution in [2.24, 2.45) is 5.84 Å². The maximum atomic E-state index is 11.3. The van der Waals surface area contributed by atoms with Crippen LogP contribution in [0.15, 0.2) is 4.79 Å². The number of nitrogens with one attached hydrogen (secondary N) is 1. The molecule has 0 aromatic carbocycles. The van der Waals surface area contributed by atoms with Crippen LogP contribution in [0.2, 0.25) is 0 Å². The number of hydrogen-bond donors (Lipinski definition) is 3. The zero-order valence-corrected chi connectivity index (χ0v) is 7.53. The number of nitrogens with two attached hydrogens (primary N) is 1. The van der Waals surface area contributed by atoms with Crippen molar-refractivity contribution in [2.75, 3.05) is 12.1 Å². The molecular formula is C7H12N4O2. The maximum Gasteiger partial charge on any atom is 0.259 e. The smallest absolute Gasteiger partial charge is 0.259 e. The predicted octanol–water partition coefficient (Wildman–Crippen LogP) is -0.652. The fourth-order valence-corrected chi connectivity index (χ4v) is 0.960. The highest BCUT2D eigenvalue weighted by atomic mass is 16.3. The van der Waals surface area contributed by atoms with Gasteiger partial charge >= 0.3 is 0 Å². The summed E-state index contributed by atoms with van der Waals surface area (Å²) in [4.78, 5) is 17.4. The first-order valence-corrected chi connectivity index (χ1v) is 3.86. The van der Waals surface area contributed by atoms with Crippen LogP contribution in [-0.2, 0) is 6.42 Å². The van der Waals surface area contributed by atoms with Crippen molar-refractivity contribution in [3.63, 3.8) is 0 Å². The van der Waals surface area contributed by atoms with E-state index in [0.29, 0.717) is 6.42 Å². The monoisotopic (exact) mass is 184 g/mol. The van der Waals surface area contributed by atoms with E-state index >= 15 is 0 Å². The van der Waals surface area contributed by atoms with Gasteiger partial charge in [-0.2, -0.15) is 4.98 Å². The van der Waals surface area contributed by atoms with Gasteiger partial charge in [0.05, 0.1) is 5.56 Å². The van der Waals surface area contributed by atoms with Gasteiger partial charge in [-0.1, -0.05) is 6.92 Å². The molecule has 0 radical (unpaired) electrons. The number of hydrogen-bond acceptors (Lipinski definition) is 5. The molecule has 0 aliphatic heterocycles. The fraction of sp³-hybridized carbons (Fsp3) is 0.429. The van der Waals surface area contributed by atoms with Crippen LogP contribution in [0.1, 0.15) is 12.5 Å². The van der Waals surface area contributed by atoms with Crippen LogP contribution in [0, 0.1) is 0 Å². The molecule has 0 amide bonds. The van der Waals surface area contributed by atoms with Gasteiger partial charge in [0.15, 0.2) is 0 Å². The van der Waals surface area contributed by atoms with E-state index in [0.717, 1.165) is 5.01 Å². The Morgan fingerprint density at radius 3 is 2.69 bits per heavy atom. The number of H-pyrrole nitrogens is 1. The molecule has 0 saturated heterocycles. The summed E-state index contributed by atoms with van der Waals surface area (Å²) in [7, 11) is 1.52. The highest BCUT2D eigenvalue weighted by Gasteiger charge is 2.09. The zero-order chi connectivity index (χ0) is 10.0. The second-order valence-corrected chi connectivity index (χ2v) is 2.66. The van der Waals surface area contributed by atoms with E-state index in [1.807, 2.05) is 0 Å². The fourth-order valence-electron chi connectivity index (χ4n) is 0.960. The second kappa shape index (κ2) is 3.44. The van der Waals surface area contributed by atoms with Gasteiger partial charge in [-0.15, -0.1) is 0 Å². The Kier molecular flexibility index (Phi) is 2.52. The molecule has 0 aliphatic carbocycles. The molecule has 0 fully saturated rings. The number of aromatic hydroxyl groups is 1. The number of aromatic amines is 1. The average molecular weight is 184 g/mol. The molecule has 13 heavy (non-hydrogen) atoms. The summed E-state index contributed by atoms with van der Waals surface area (Å²) in [6.07, 6.45) is 0.433. The lowest BCUT2D eigenvalue weighted by molar-refractivity contribution is 0.443. The number of nitrogens with zero attached hydrogens (tertiary/aromatic N) is 2. The third kappa shape index (κ3) is 1.78. The SMILES string of the molecule is CCc1c(O)nc(N(C)N)[nH]c1=O. The predicted molar refractivity (Wildman–Crippen MR) is 48.5 cm³/mol. The number of hydrazine groups is 1. The lowest BCUT2D eigenvalue weighted by Gasteiger charge is -2.10. The molecule has 1 aromatic rings. The first-order valence-electron chi connectivity index (χ1n) is 3.86. The van der Waals surface area contributed by atoms with Gasteiger partial charge in [-0.05, 0) is 6.42 Å². The van der Waals surface area contributed by atoms with Gasteiger partial charge in [0.2, 0.25) is 11.8 Å². The maximum absolute atomic E-state index is 11.3. The lowest BCUT2D eigenvalue weighted by atomic mass is 10.2. The Labute approximate surface area is 75.0 Å². The molecule has 0 spiro atoms. The molecule has 1 heterocycles. The third-order valence-electron chi connectivity index (χ3n) is 1.67. The van der Waals surface area contributed by atoms with Crippen LogP contribution in [-0.4, -0.2) is 22.1 Å². The van der Waals surface area contributed by atoms with Crippen LogP contribution in [0.25, 0.3) is 0 Å². The minimum absolute atomic E-state index is 0.139. The lowest BCUT2D eigenvalue weighted by Crippen LogP contribution is -2.30. The molecule has 0 aliphatic rings. The molecule has 0 bridgehead atoms. The molecule has 72 valence electrons. The summed E-state index contributed by atoms with van der Waals surface area (Å²) < 4.78 is 0. The van der Waals surface area contributed by atoms with Crippen molar-refractivity contribution in [1.29, 1.82) is 0 Å². The van der Waals surface area contributed by atoms with E-state index in [4.69, 9.17) is 5.84 Å². The van der Waals surface area contributed by atoms with Gasteiger partial charge in [0.25, 0.3) is 5.56 Å². The van der Waals surface area contributed by atoms with Gasteiger partial charge in [-0.3, -0.25) is 14.8 Å². The largest absolute Gasteiger partial charge is 0.493 e. The van der Waals surface area contributed by atoms with Crippen molar-refractivity contribution in [3.8, 4) is 5.88 Å². The van der Waals surface area contributed by atoms with E-state index in [9.17, 15) is 9.90 Å². The van der Waals surface area contributed by atoms with E-state index in [1.165, 1.54) is 7.05 Å². The Hall–Kier alpha value is -1.56. The second-order valence-electron chi connectivity index (χ2n) is 2.66. The molecule has 1 rings (SSSR count). The van der Waals surface area contributed by atoms with Crippen LogP contribution < -0.4 is 16.4 Å². The number of anilines is 1. The number of aromatic nitrogens is 2. The van der Waals surface area contributed by atoms with Crippen LogP contribution in [0.4, 0.5) is 5.95 Å². The first-order chi connectivity index (χ1) is 6.06. The van der Waals surface area contributed by atoms with Crippen molar-refractivity contribution >= 4 is 5.95 Å². The van der Waals surface area contributed by atoms with Crippen molar-refractivity contribution < 1.29 is 5.11 Å². The van der Waals surface area contributed by atoms with E-state index in [-0.39, 0.29) is 23.0 Å². The third-order valence-corrected chi connectivity index (χ3v) is 1.67. The average Bonchev–Trinajstić information content (AvgIpc) is 2.03. The van der Waals surface area contributed by atoms with E-state index in [1.54, 1.807) is 6.92 Å². The normalized spacial score (nSPS) is 10.1. The molecule has 0 saturated carbocycles. The molecule has 4 N–H and O–H groups in total. The summed E-state index contributed by atoms with van der Waals surface area (Å²) in [6.45, 7) is 1.76. The van der Waals surface area contributed by atoms with Crippen molar-refractivity contribution in [3.05, 3.63) is 15.9 Å².